The van der Waals surface area contributed by atoms with Crippen LogP contribution in [-0.4, -0.2) is 13.0 Å². The van der Waals surface area contributed by atoms with Crippen LogP contribution in [0.15, 0.2) is 24.3 Å². The van der Waals surface area contributed by atoms with Crippen molar-refractivity contribution in [2.24, 2.45) is 0 Å². The molecular formula is C8H9O4S-. The third-order valence-corrected chi connectivity index (χ3v) is 2.03. The van der Waals surface area contributed by atoms with Gasteiger partial charge in [-0.05, 0) is 18.1 Å². The van der Waals surface area contributed by atoms with E-state index in [1.807, 2.05) is 19.1 Å². The first-order valence-electron chi connectivity index (χ1n) is 3.64. The van der Waals surface area contributed by atoms with Crippen molar-refractivity contribution in [3.63, 3.8) is 0 Å². The molecule has 0 aliphatic carbocycles. The SMILES string of the molecule is Cc1ccccc1COS(=O)(=O)[O-]. The van der Waals surface area contributed by atoms with Gasteiger partial charge in [-0.3, -0.25) is 4.18 Å². The van der Waals surface area contributed by atoms with Crippen LogP contribution in [0.25, 0.3) is 0 Å². The molecule has 1 aromatic rings. The van der Waals surface area contributed by atoms with Gasteiger partial charge in [0.05, 0.1) is 6.61 Å². The topological polar surface area (TPSA) is 66.4 Å². The molecule has 1 aromatic carbocycles. The zero-order valence-electron chi connectivity index (χ0n) is 7.06. The first kappa shape index (κ1) is 10.2. The van der Waals surface area contributed by atoms with E-state index < -0.39 is 10.4 Å². The van der Waals surface area contributed by atoms with Crippen molar-refractivity contribution in [1.29, 1.82) is 0 Å². The molecule has 0 atom stereocenters. The predicted octanol–water partition coefficient (Wildman–Crippen LogP) is 0.972. The Morgan fingerprint density at radius 2 is 2.00 bits per heavy atom. The lowest BCUT2D eigenvalue weighted by Crippen LogP contribution is -2.04. The molecule has 0 radical (unpaired) electrons. The van der Waals surface area contributed by atoms with Crippen LogP contribution >= 0.6 is 0 Å². The summed E-state index contributed by atoms with van der Waals surface area (Å²) in [5, 5.41) is 0. The van der Waals surface area contributed by atoms with Crippen molar-refractivity contribution in [3.8, 4) is 0 Å². The molecule has 4 nitrogen and oxygen atoms in total. The van der Waals surface area contributed by atoms with E-state index in [1.54, 1.807) is 12.1 Å². The molecule has 5 heteroatoms. The third-order valence-electron chi connectivity index (χ3n) is 1.62. The van der Waals surface area contributed by atoms with E-state index >= 15 is 0 Å². The highest BCUT2D eigenvalue weighted by molar-refractivity contribution is 7.80. The Balaban J connectivity index is 2.71. The zero-order chi connectivity index (χ0) is 9.90. The highest BCUT2D eigenvalue weighted by atomic mass is 32.3. The Bertz CT molecular complexity index is 383. The van der Waals surface area contributed by atoms with Crippen molar-refractivity contribution in [3.05, 3.63) is 35.4 Å². The number of hydrogen-bond donors (Lipinski definition) is 0. The average molecular weight is 201 g/mol. The van der Waals surface area contributed by atoms with Gasteiger partial charge in [-0.25, -0.2) is 8.42 Å². The van der Waals surface area contributed by atoms with Gasteiger partial charge < -0.3 is 4.55 Å². The van der Waals surface area contributed by atoms with Gasteiger partial charge in [0.25, 0.3) is 0 Å². The number of hydrogen-bond acceptors (Lipinski definition) is 4. The Morgan fingerprint density at radius 1 is 1.38 bits per heavy atom. The van der Waals surface area contributed by atoms with Gasteiger partial charge in [-0.2, -0.15) is 0 Å². The fourth-order valence-corrected chi connectivity index (χ4v) is 1.18. The maximum absolute atomic E-state index is 10.1. The number of aryl methyl sites for hydroxylation is 1. The van der Waals surface area contributed by atoms with Crippen molar-refractivity contribution in [2.45, 2.75) is 13.5 Å². The molecule has 0 aliphatic heterocycles. The molecular weight excluding hydrogens is 192 g/mol. The average Bonchev–Trinajstić information content (AvgIpc) is 2.01. The molecule has 0 spiro atoms. The Kier molecular flexibility index (Phi) is 3.02. The minimum atomic E-state index is -4.59. The molecule has 0 heterocycles. The molecule has 1 rings (SSSR count). The Morgan fingerprint density at radius 3 is 2.54 bits per heavy atom. The molecule has 0 fully saturated rings. The third kappa shape index (κ3) is 3.54. The normalized spacial score (nSPS) is 11.5. The molecule has 0 saturated heterocycles. The van der Waals surface area contributed by atoms with Crippen molar-refractivity contribution < 1.29 is 17.2 Å². The van der Waals surface area contributed by atoms with E-state index in [2.05, 4.69) is 4.18 Å². The molecule has 0 aliphatic rings. The Labute approximate surface area is 77.1 Å². The summed E-state index contributed by atoms with van der Waals surface area (Å²) in [4.78, 5) is 0. The lowest BCUT2D eigenvalue weighted by atomic mass is 10.1. The molecule has 0 unspecified atom stereocenters. The van der Waals surface area contributed by atoms with Gasteiger partial charge in [0.1, 0.15) is 0 Å². The molecule has 13 heavy (non-hydrogen) atoms. The van der Waals surface area contributed by atoms with Crippen LogP contribution in [0.5, 0.6) is 0 Å². The second-order valence-corrected chi connectivity index (χ2v) is 3.65. The van der Waals surface area contributed by atoms with Gasteiger partial charge in [-0.15, -0.1) is 0 Å². The molecule has 0 aromatic heterocycles. The maximum Gasteiger partial charge on any atom is 0.217 e. The largest absolute Gasteiger partial charge is 0.726 e. The molecule has 0 N–H and O–H groups in total. The van der Waals surface area contributed by atoms with Crippen molar-refractivity contribution in [2.75, 3.05) is 0 Å². The fourth-order valence-electron chi connectivity index (χ4n) is 0.908. The van der Waals surface area contributed by atoms with Gasteiger partial charge >= 0.3 is 0 Å². The number of benzene rings is 1. The van der Waals surface area contributed by atoms with Crippen LogP contribution in [0.4, 0.5) is 0 Å². The van der Waals surface area contributed by atoms with Crippen molar-refractivity contribution >= 4 is 10.4 Å². The van der Waals surface area contributed by atoms with Crippen LogP contribution in [0, 0.1) is 6.92 Å². The first-order valence-corrected chi connectivity index (χ1v) is 4.97. The minimum absolute atomic E-state index is 0.196. The van der Waals surface area contributed by atoms with Crippen LogP contribution in [-0.2, 0) is 21.2 Å². The van der Waals surface area contributed by atoms with E-state index in [0.29, 0.717) is 5.56 Å². The van der Waals surface area contributed by atoms with Gasteiger partial charge in [-0.1, -0.05) is 24.3 Å². The van der Waals surface area contributed by atoms with Gasteiger partial charge in [0, 0.05) is 0 Å². The minimum Gasteiger partial charge on any atom is -0.726 e. The monoisotopic (exact) mass is 201 g/mol. The first-order chi connectivity index (χ1) is 5.99. The molecule has 0 amide bonds. The summed E-state index contributed by atoms with van der Waals surface area (Å²) >= 11 is 0. The molecule has 0 bridgehead atoms. The molecule has 72 valence electrons. The summed E-state index contributed by atoms with van der Waals surface area (Å²) in [6.07, 6.45) is 0. The maximum atomic E-state index is 10.1. The highest BCUT2D eigenvalue weighted by Gasteiger charge is 1.99. The van der Waals surface area contributed by atoms with E-state index in [0.717, 1.165) is 5.56 Å². The highest BCUT2D eigenvalue weighted by Crippen LogP contribution is 2.08. The van der Waals surface area contributed by atoms with E-state index in [1.165, 1.54) is 0 Å². The summed E-state index contributed by atoms with van der Waals surface area (Å²) in [5.74, 6) is 0. The van der Waals surface area contributed by atoms with E-state index in [9.17, 15) is 13.0 Å². The lowest BCUT2D eigenvalue weighted by molar-refractivity contribution is 0.252. The fraction of sp³-hybridized carbons (Fsp3) is 0.250. The zero-order valence-corrected chi connectivity index (χ0v) is 7.87. The second kappa shape index (κ2) is 3.87. The quantitative estimate of drug-likeness (QED) is 0.540. The Hall–Kier alpha value is -0.910. The van der Waals surface area contributed by atoms with Crippen molar-refractivity contribution in [1.82, 2.24) is 0 Å². The van der Waals surface area contributed by atoms with Crippen LogP contribution < -0.4 is 0 Å². The van der Waals surface area contributed by atoms with Gasteiger partial charge in [0.2, 0.25) is 10.4 Å². The summed E-state index contributed by atoms with van der Waals surface area (Å²) in [6.45, 7) is 1.62. The van der Waals surface area contributed by atoms with E-state index in [-0.39, 0.29) is 6.61 Å². The van der Waals surface area contributed by atoms with Crippen LogP contribution in [0.3, 0.4) is 0 Å². The standard InChI is InChI=1S/C8H10O4S/c1-7-4-2-3-5-8(7)6-12-13(9,10)11/h2-5H,6H2,1H3,(H,9,10,11)/p-1. The molecule has 0 saturated carbocycles. The summed E-state index contributed by atoms with van der Waals surface area (Å²) < 4.78 is 34.5. The number of rotatable bonds is 3. The smallest absolute Gasteiger partial charge is 0.217 e. The summed E-state index contributed by atoms with van der Waals surface area (Å²) in [7, 11) is -4.59. The summed E-state index contributed by atoms with van der Waals surface area (Å²) in [6, 6.07) is 7.10. The van der Waals surface area contributed by atoms with Crippen LogP contribution in [0.2, 0.25) is 0 Å². The predicted molar refractivity (Wildman–Crippen MR) is 45.7 cm³/mol. The van der Waals surface area contributed by atoms with E-state index in [4.69, 9.17) is 0 Å². The lowest BCUT2D eigenvalue weighted by Gasteiger charge is -2.08. The summed E-state index contributed by atoms with van der Waals surface area (Å²) in [5.41, 5.74) is 1.59. The van der Waals surface area contributed by atoms with Gasteiger partial charge in [0.15, 0.2) is 0 Å². The second-order valence-electron chi connectivity index (χ2n) is 2.60. The van der Waals surface area contributed by atoms with Crippen LogP contribution in [0.1, 0.15) is 11.1 Å².